The third kappa shape index (κ3) is 4.03. The largest absolute Gasteiger partial charge is 0.320 e. The highest BCUT2D eigenvalue weighted by molar-refractivity contribution is 8.00. The van der Waals surface area contributed by atoms with Crippen molar-refractivity contribution in [2.24, 2.45) is 7.05 Å². The summed E-state index contributed by atoms with van der Waals surface area (Å²) in [6, 6.07) is 9.89. The fourth-order valence-electron chi connectivity index (χ4n) is 4.42. The van der Waals surface area contributed by atoms with Crippen molar-refractivity contribution in [1.82, 2.24) is 18.9 Å². The molecule has 7 nitrogen and oxygen atoms in total. The maximum Gasteiger partial charge on any atom is 0.295 e. The van der Waals surface area contributed by atoms with Crippen LogP contribution in [0.5, 0.6) is 0 Å². The van der Waals surface area contributed by atoms with Crippen molar-refractivity contribution in [2.75, 3.05) is 5.32 Å². The highest BCUT2D eigenvalue weighted by Gasteiger charge is 2.27. The minimum Gasteiger partial charge on any atom is -0.320 e. The van der Waals surface area contributed by atoms with Crippen LogP contribution in [0.3, 0.4) is 0 Å². The summed E-state index contributed by atoms with van der Waals surface area (Å²) in [4.78, 5) is 30.9. The molecule has 1 saturated carbocycles. The molecule has 4 rings (SSSR count). The first-order chi connectivity index (χ1) is 15.3. The number of nitrogens with zero attached hydrogens (tertiary/aromatic N) is 4. The van der Waals surface area contributed by atoms with E-state index >= 15 is 0 Å². The van der Waals surface area contributed by atoms with Crippen LogP contribution in [0.1, 0.15) is 55.7 Å². The van der Waals surface area contributed by atoms with E-state index in [9.17, 15) is 9.59 Å². The Kier molecular flexibility index (Phi) is 6.33. The van der Waals surface area contributed by atoms with Gasteiger partial charge in [0.25, 0.3) is 5.56 Å². The van der Waals surface area contributed by atoms with E-state index < -0.39 is 0 Å². The number of hydrogen-bond acceptors (Lipinski definition) is 4. The fourth-order valence-corrected chi connectivity index (χ4v) is 5.49. The number of amides is 1. The Balaban J connectivity index is 1.56. The Labute approximate surface area is 192 Å². The zero-order valence-electron chi connectivity index (χ0n) is 19.4. The number of rotatable bonds is 6. The highest BCUT2D eigenvalue weighted by atomic mass is 32.2. The van der Waals surface area contributed by atoms with Crippen LogP contribution in [0.15, 0.2) is 40.3 Å². The lowest BCUT2D eigenvalue weighted by molar-refractivity contribution is -0.115. The minimum atomic E-state index is -0.388. The molecule has 0 saturated heterocycles. The van der Waals surface area contributed by atoms with Gasteiger partial charge in [0, 0.05) is 18.8 Å². The summed E-state index contributed by atoms with van der Waals surface area (Å²) in [7, 11) is 1.82. The maximum absolute atomic E-state index is 13.1. The van der Waals surface area contributed by atoms with Crippen LogP contribution in [0.4, 0.5) is 5.69 Å². The number of para-hydroxylation sites is 1. The second-order valence-corrected chi connectivity index (χ2v) is 9.87. The van der Waals surface area contributed by atoms with Crippen molar-refractivity contribution >= 4 is 23.4 Å². The first-order valence-electron chi connectivity index (χ1n) is 11.2. The van der Waals surface area contributed by atoms with Gasteiger partial charge in [-0.1, -0.05) is 42.8 Å². The number of carbonyl (C=O) groups is 1. The predicted octanol–water partition coefficient (Wildman–Crippen LogP) is 4.53. The predicted molar refractivity (Wildman–Crippen MR) is 129 cm³/mol. The normalized spacial score (nSPS) is 15.3. The average Bonchev–Trinajstić information content (AvgIpc) is 3.44. The molecule has 1 fully saturated rings. The standard InChI is InChI=1S/C24H31N5O2S/c1-15-16(2)28(19-11-9-10-12-19)24(25-15)32-18(4)22(30)26-21-17(3)27(5)29(23(21)31)20-13-7-6-8-14-20/h6-8,13-14,18-19H,9-12H2,1-5H3,(H,26,30)/t18-/m1/s1. The first kappa shape index (κ1) is 22.5. The number of aromatic nitrogens is 4. The third-order valence-corrected chi connectivity index (χ3v) is 7.56. The maximum atomic E-state index is 13.1. The van der Waals surface area contributed by atoms with Crippen molar-refractivity contribution in [3.63, 3.8) is 0 Å². The van der Waals surface area contributed by atoms with E-state index in [1.165, 1.54) is 30.3 Å². The van der Waals surface area contributed by atoms with Gasteiger partial charge < -0.3 is 9.88 Å². The smallest absolute Gasteiger partial charge is 0.295 e. The van der Waals surface area contributed by atoms with E-state index in [0.717, 1.165) is 29.4 Å². The van der Waals surface area contributed by atoms with E-state index in [0.29, 0.717) is 17.4 Å². The zero-order valence-corrected chi connectivity index (χ0v) is 20.2. The lowest BCUT2D eigenvalue weighted by Gasteiger charge is -2.18. The Morgan fingerprint density at radius 1 is 1.12 bits per heavy atom. The monoisotopic (exact) mass is 453 g/mol. The number of anilines is 1. The van der Waals surface area contributed by atoms with E-state index in [2.05, 4.69) is 16.8 Å². The molecule has 0 unspecified atom stereocenters. The SMILES string of the molecule is Cc1nc(S[C@H](C)C(=O)Nc2c(C)n(C)n(-c3ccccc3)c2=O)n(C2CCCC2)c1C. The van der Waals surface area contributed by atoms with Gasteiger partial charge >= 0.3 is 0 Å². The molecule has 0 spiro atoms. The van der Waals surface area contributed by atoms with Crippen LogP contribution < -0.4 is 10.9 Å². The summed E-state index contributed by atoms with van der Waals surface area (Å²) >= 11 is 1.46. The molecule has 1 aliphatic rings. The van der Waals surface area contributed by atoms with Gasteiger partial charge in [-0.3, -0.25) is 14.3 Å². The highest BCUT2D eigenvalue weighted by Crippen LogP contribution is 2.36. The first-order valence-corrected chi connectivity index (χ1v) is 12.0. The molecule has 3 aromatic rings. The molecular formula is C24H31N5O2S. The van der Waals surface area contributed by atoms with Crippen molar-refractivity contribution in [1.29, 1.82) is 0 Å². The molecule has 32 heavy (non-hydrogen) atoms. The van der Waals surface area contributed by atoms with Crippen LogP contribution in [0, 0.1) is 20.8 Å². The van der Waals surface area contributed by atoms with E-state index in [-0.39, 0.29) is 16.7 Å². The Morgan fingerprint density at radius 2 is 1.78 bits per heavy atom. The molecule has 0 aliphatic heterocycles. The van der Waals surface area contributed by atoms with Crippen LogP contribution in [0.25, 0.3) is 5.69 Å². The van der Waals surface area contributed by atoms with Crippen molar-refractivity contribution in [3.8, 4) is 5.69 Å². The number of hydrogen-bond donors (Lipinski definition) is 1. The van der Waals surface area contributed by atoms with E-state index in [1.807, 2.05) is 58.2 Å². The van der Waals surface area contributed by atoms with Gasteiger partial charge in [0.15, 0.2) is 5.16 Å². The second kappa shape index (κ2) is 9.02. The molecule has 0 radical (unpaired) electrons. The van der Waals surface area contributed by atoms with Gasteiger partial charge in [0.05, 0.1) is 22.3 Å². The molecule has 2 heterocycles. The quantitative estimate of drug-likeness (QED) is 0.557. The van der Waals surface area contributed by atoms with Crippen molar-refractivity contribution in [2.45, 2.75) is 69.8 Å². The number of carbonyl (C=O) groups excluding carboxylic acids is 1. The average molecular weight is 454 g/mol. The summed E-state index contributed by atoms with van der Waals surface area (Å²) in [6.45, 7) is 7.84. The molecule has 1 aromatic carbocycles. The molecule has 1 N–H and O–H groups in total. The van der Waals surface area contributed by atoms with Crippen molar-refractivity contribution in [3.05, 3.63) is 57.8 Å². The van der Waals surface area contributed by atoms with E-state index in [1.54, 1.807) is 9.36 Å². The lowest BCUT2D eigenvalue weighted by Crippen LogP contribution is -2.27. The molecule has 1 aliphatic carbocycles. The van der Waals surface area contributed by atoms with E-state index in [4.69, 9.17) is 4.98 Å². The number of imidazole rings is 1. The summed E-state index contributed by atoms with van der Waals surface area (Å²) in [5.74, 6) is -0.197. The molecule has 2 aromatic heterocycles. The van der Waals surface area contributed by atoms with Gasteiger partial charge in [-0.2, -0.15) is 0 Å². The van der Waals surface area contributed by atoms with Gasteiger partial charge in [-0.05, 0) is 52.7 Å². The summed E-state index contributed by atoms with van der Waals surface area (Å²) in [5.41, 5.74) is 3.74. The molecule has 0 bridgehead atoms. The topological polar surface area (TPSA) is 73.8 Å². The fraction of sp³-hybridized carbons (Fsp3) is 0.458. The molecular weight excluding hydrogens is 422 g/mol. The molecule has 170 valence electrons. The lowest BCUT2D eigenvalue weighted by atomic mass is 10.2. The second-order valence-electron chi connectivity index (χ2n) is 8.56. The molecule has 1 atom stereocenters. The Hall–Kier alpha value is -2.74. The summed E-state index contributed by atoms with van der Waals surface area (Å²) in [6.07, 6.45) is 4.80. The number of benzene rings is 1. The van der Waals surface area contributed by atoms with Gasteiger partial charge in [0.2, 0.25) is 5.91 Å². The minimum absolute atomic E-state index is 0.197. The number of nitrogens with one attached hydrogen (secondary N) is 1. The van der Waals surface area contributed by atoms with Crippen LogP contribution in [-0.2, 0) is 11.8 Å². The van der Waals surface area contributed by atoms with Gasteiger partial charge in [0.1, 0.15) is 5.69 Å². The van der Waals surface area contributed by atoms with Crippen molar-refractivity contribution < 1.29 is 4.79 Å². The van der Waals surface area contributed by atoms with Gasteiger partial charge in [-0.15, -0.1) is 0 Å². The molecule has 1 amide bonds. The van der Waals surface area contributed by atoms with Gasteiger partial charge in [-0.25, -0.2) is 9.67 Å². The number of thioether (sulfide) groups is 1. The van der Waals surface area contributed by atoms with Crippen LogP contribution >= 0.6 is 11.8 Å². The molecule has 8 heteroatoms. The summed E-state index contributed by atoms with van der Waals surface area (Å²) in [5, 5.41) is 3.39. The van der Waals surface area contributed by atoms with Crippen LogP contribution in [0.2, 0.25) is 0 Å². The Bertz CT molecular complexity index is 1190. The third-order valence-electron chi connectivity index (χ3n) is 6.50. The summed E-state index contributed by atoms with van der Waals surface area (Å²) < 4.78 is 5.65. The Morgan fingerprint density at radius 3 is 2.44 bits per heavy atom. The zero-order chi connectivity index (χ0) is 23.0. The van der Waals surface area contributed by atoms with Crippen LogP contribution in [-0.4, -0.2) is 30.1 Å². The number of aryl methyl sites for hydroxylation is 1.